The number of rotatable bonds is 5. The van der Waals surface area contributed by atoms with Crippen molar-refractivity contribution < 1.29 is 8.42 Å². The fraction of sp³-hybridized carbons (Fsp3) is 0.238. The smallest absolute Gasteiger partial charge is 0.213 e. The van der Waals surface area contributed by atoms with E-state index in [0.717, 1.165) is 41.8 Å². The van der Waals surface area contributed by atoms with E-state index >= 15 is 0 Å². The average molecular weight is 414 g/mol. The molecule has 1 aliphatic carbocycles. The largest absolute Gasteiger partial charge is 0.233 e. The van der Waals surface area contributed by atoms with Crippen LogP contribution >= 0.6 is 11.6 Å². The van der Waals surface area contributed by atoms with Crippen molar-refractivity contribution in [2.24, 2.45) is 5.14 Å². The van der Waals surface area contributed by atoms with E-state index in [1.54, 1.807) is 12.1 Å². The zero-order valence-corrected chi connectivity index (χ0v) is 16.8. The molecule has 1 heterocycles. The minimum Gasteiger partial charge on any atom is -0.233 e. The summed E-state index contributed by atoms with van der Waals surface area (Å²) in [7, 11) is -3.53. The third-order valence-corrected chi connectivity index (χ3v) is 5.83. The Morgan fingerprint density at radius 2 is 1.75 bits per heavy atom. The molecule has 0 saturated carbocycles. The van der Waals surface area contributed by atoms with E-state index in [9.17, 15) is 8.42 Å². The second kappa shape index (κ2) is 7.62. The number of halogens is 1. The highest BCUT2D eigenvalue weighted by Gasteiger charge is 2.20. The monoisotopic (exact) mass is 413 g/mol. The van der Waals surface area contributed by atoms with Crippen molar-refractivity contribution in [2.75, 3.05) is 0 Å². The van der Waals surface area contributed by atoms with Gasteiger partial charge in [0.15, 0.2) is 5.82 Å². The number of hydrogen-bond donors (Lipinski definition) is 1. The molecule has 7 heteroatoms. The van der Waals surface area contributed by atoms with Crippen molar-refractivity contribution >= 4 is 21.6 Å². The highest BCUT2D eigenvalue weighted by atomic mass is 35.5. The van der Waals surface area contributed by atoms with Crippen LogP contribution in [0.3, 0.4) is 0 Å². The molecule has 1 aromatic heterocycles. The molecule has 2 aromatic carbocycles. The number of benzene rings is 2. The van der Waals surface area contributed by atoms with E-state index in [0.29, 0.717) is 22.8 Å². The molecule has 1 aliphatic rings. The summed E-state index contributed by atoms with van der Waals surface area (Å²) in [5.74, 6) is 0.541. The molecule has 144 valence electrons. The molecule has 0 fully saturated rings. The van der Waals surface area contributed by atoms with Crippen LogP contribution in [0.25, 0.3) is 11.4 Å². The molecule has 0 radical (unpaired) electrons. The zero-order valence-electron chi connectivity index (χ0n) is 15.2. The Hall–Kier alpha value is -2.28. The number of nitrogens with zero attached hydrogens (tertiary/aromatic N) is 2. The van der Waals surface area contributed by atoms with Crippen LogP contribution in [0.4, 0.5) is 0 Å². The molecular formula is C21H20ClN3O2S. The van der Waals surface area contributed by atoms with Gasteiger partial charge in [0.2, 0.25) is 10.0 Å². The summed E-state index contributed by atoms with van der Waals surface area (Å²) >= 11 is 6.13. The van der Waals surface area contributed by atoms with Gasteiger partial charge in [0, 0.05) is 22.7 Å². The normalized spacial score (nSPS) is 13.5. The Balaban J connectivity index is 1.66. The fourth-order valence-electron chi connectivity index (χ4n) is 3.59. The Labute approximate surface area is 169 Å². The maximum absolute atomic E-state index is 11.3. The molecule has 0 spiro atoms. The number of hydrogen-bond acceptors (Lipinski definition) is 4. The molecule has 0 saturated heterocycles. The van der Waals surface area contributed by atoms with Gasteiger partial charge in [0.05, 0.1) is 11.4 Å². The predicted octanol–water partition coefficient (Wildman–Crippen LogP) is 3.67. The van der Waals surface area contributed by atoms with Crippen molar-refractivity contribution in [2.45, 2.75) is 31.4 Å². The van der Waals surface area contributed by atoms with Gasteiger partial charge in [-0.3, -0.25) is 0 Å². The van der Waals surface area contributed by atoms with E-state index in [4.69, 9.17) is 26.7 Å². The van der Waals surface area contributed by atoms with E-state index in [2.05, 4.69) is 0 Å². The van der Waals surface area contributed by atoms with Gasteiger partial charge in [-0.1, -0.05) is 48.0 Å². The molecular weight excluding hydrogens is 394 g/mol. The summed E-state index contributed by atoms with van der Waals surface area (Å²) in [6.45, 7) is 0. The molecule has 0 atom stereocenters. The van der Waals surface area contributed by atoms with Crippen molar-refractivity contribution in [1.82, 2.24) is 9.97 Å². The van der Waals surface area contributed by atoms with Gasteiger partial charge in [0.25, 0.3) is 0 Å². The highest BCUT2D eigenvalue weighted by Crippen LogP contribution is 2.28. The molecule has 0 unspecified atom stereocenters. The first-order valence-electron chi connectivity index (χ1n) is 9.10. The Morgan fingerprint density at radius 3 is 2.46 bits per heavy atom. The van der Waals surface area contributed by atoms with Gasteiger partial charge < -0.3 is 0 Å². The summed E-state index contributed by atoms with van der Waals surface area (Å²) in [5.41, 5.74) is 6.04. The first-order chi connectivity index (χ1) is 13.4. The van der Waals surface area contributed by atoms with E-state index in [-0.39, 0.29) is 5.75 Å². The Bertz CT molecular complexity index is 1130. The van der Waals surface area contributed by atoms with E-state index < -0.39 is 10.0 Å². The summed E-state index contributed by atoms with van der Waals surface area (Å²) in [6.07, 6.45) is 3.72. The fourth-order valence-corrected chi connectivity index (χ4v) is 4.44. The number of nitrogens with two attached hydrogens (primary N) is 1. The lowest BCUT2D eigenvalue weighted by atomic mass is 10.0. The first-order valence-corrected chi connectivity index (χ1v) is 11.2. The van der Waals surface area contributed by atoms with Crippen molar-refractivity contribution in [3.8, 4) is 11.4 Å². The van der Waals surface area contributed by atoms with E-state index in [1.807, 2.05) is 36.4 Å². The molecule has 0 amide bonds. The summed E-state index contributed by atoms with van der Waals surface area (Å²) in [5, 5.41) is 5.78. The third-order valence-electron chi connectivity index (χ3n) is 4.86. The Morgan fingerprint density at radius 1 is 1.00 bits per heavy atom. The third kappa shape index (κ3) is 4.41. The van der Waals surface area contributed by atoms with Gasteiger partial charge in [0.1, 0.15) is 0 Å². The topological polar surface area (TPSA) is 85.9 Å². The SMILES string of the molecule is NS(=O)(=O)Cc1ccc(Cc2nc(-c3cccc(Cl)c3)nc3c2CCC3)cc1. The van der Waals surface area contributed by atoms with Gasteiger partial charge in [-0.25, -0.2) is 23.5 Å². The van der Waals surface area contributed by atoms with Crippen LogP contribution in [-0.4, -0.2) is 18.4 Å². The van der Waals surface area contributed by atoms with Crippen LogP contribution in [0, 0.1) is 0 Å². The number of primary sulfonamides is 1. The summed E-state index contributed by atoms with van der Waals surface area (Å²) < 4.78 is 22.5. The summed E-state index contributed by atoms with van der Waals surface area (Å²) in [4.78, 5) is 9.62. The van der Waals surface area contributed by atoms with Crippen LogP contribution in [0.1, 0.15) is 34.5 Å². The van der Waals surface area contributed by atoms with Crippen molar-refractivity contribution in [3.05, 3.63) is 81.6 Å². The van der Waals surface area contributed by atoms with Crippen LogP contribution < -0.4 is 5.14 Å². The van der Waals surface area contributed by atoms with Gasteiger partial charge in [-0.2, -0.15) is 0 Å². The van der Waals surface area contributed by atoms with Gasteiger partial charge in [-0.15, -0.1) is 0 Å². The number of aromatic nitrogens is 2. The van der Waals surface area contributed by atoms with Gasteiger partial charge >= 0.3 is 0 Å². The zero-order chi connectivity index (χ0) is 19.7. The van der Waals surface area contributed by atoms with Crippen LogP contribution in [0.5, 0.6) is 0 Å². The molecule has 2 N–H and O–H groups in total. The maximum Gasteiger partial charge on any atom is 0.213 e. The summed E-state index contributed by atoms with van der Waals surface area (Å²) in [6, 6.07) is 15.1. The number of sulfonamides is 1. The van der Waals surface area contributed by atoms with Crippen LogP contribution in [0.2, 0.25) is 5.02 Å². The second-order valence-electron chi connectivity index (χ2n) is 7.08. The Kier molecular flexibility index (Phi) is 5.19. The van der Waals surface area contributed by atoms with Crippen molar-refractivity contribution in [1.29, 1.82) is 0 Å². The minimum absolute atomic E-state index is 0.158. The van der Waals surface area contributed by atoms with Gasteiger partial charge in [-0.05, 0) is 48.1 Å². The predicted molar refractivity (Wildman–Crippen MR) is 111 cm³/mol. The lowest BCUT2D eigenvalue weighted by Crippen LogP contribution is -2.14. The lowest BCUT2D eigenvalue weighted by Gasteiger charge is -2.11. The van der Waals surface area contributed by atoms with E-state index in [1.165, 1.54) is 5.56 Å². The average Bonchev–Trinajstić information content (AvgIpc) is 3.11. The molecule has 0 aliphatic heterocycles. The molecule has 0 bridgehead atoms. The first kappa shape index (κ1) is 19.1. The van der Waals surface area contributed by atoms with Crippen molar-refractivity contribution in [3.63, 3.8) is 0 Å². The number of aryl methyl sites for hydroxylation is 1. The molecule has 4 rings (SSSR count). The second-order valence-corrected chi connectivity index (χ2v) is 9.13. The minimum atomic E-state index is -3.53. The van der Waals surface area contributed by atoms with Crippen LogP contribution in [-0.2, 0) is 35.0 Å². The quantitative estimate of drug-likeness (QED) is 0.691. The standard InChI is InChI=1S/C21H20ClN3O2S/c22-17-4-1-3-16(12-17)21-24-19-6-2-5-18(19)20(25-21)11-14-7-9-15(10-8-14)13-28(23,26)27/h1,3-4,7-10,12H,2,5-6,11,13H2,(H2,23,26,27). The molecule has 28 heavy (non-hydrogen) atoms. The highest BCUT2D eigenvalue weighted by molar-refractivity contribution is 7.88. The van der Waals surface area contributed by atoms with Crippen LogP contribution in [0.15, 0.2) is 48.5 Å². The lowest BCUT2D eigenvalue weighted by molar-refractivity contribution is 0.597. The maximum atomic E-state index is 11.3. The molecule has 3 aromatic rings. The number of fused-ring (bicyclic) bond motifs is 1. The molecule has 5 nitrogen and oxygen atoms in total.